The molecule has 2 aliphatic carbocycles. The zero-order chi connectivity index (χ0) is 22.4. The highest BCUT2D eigenvalue weighted by Gasteiger charge is 2.44. The quantitative estimate of drug-likeness (QED) is 0.311. The van der Waals surface area contributed by atoms with Crippen LogP contribution in [0.3, 0.4) is 0 Å². The van der Waals surface area contributed by atoms with Gasteiger partial charge in [-0.3, -0.25) is 0 Å². The molecule has 2 heterocycles. The monoisotopic (exact) mass is 456 g/mol. The number of aliphatic hydroxyl groups is 3. The van der Waals surface area contributed by atoms with Gasteiger partial charge in [0.25, 0.3) is 0 Å². The fourth-order valence-electron chi connectivity index (χ4n) is 4.52. The molecule has 170 valence electrons. The van der Waals surface area contributed by atoms with Crippen molar-refractivity contribution < 1.29 is 15.3 Å². The number of aliphatic hydroxyl groups excluding tert-OH is 3. The predicted octanol–water partition coefficient (Wildman–Crippen LogP) is 1.96. The van der Waals surface area contributed by atoms with Gasteiger partial charge in [-0.25, -0.2) is 14.6 Å². The van der Waals surface area contributed by atoms with E-state index in [0.717, 1.165) is 6.42 Å². The largest absolute Gasteiger partial charge is 0.396 e. The summed E-state index contributed by atoms with van der Waals surface area (Å²) in [5, 5.41) is 43.4. The molecular weight excluding hydrogens is 428 g/mol. The summed E-state index contributed by atoms with van der Waals surface area (Å²) in [4.78, 5) is 9.42. The third-order valence-corrected chi connectivity index (χ3v) is 7.17. The Balaban J connectivity index is 1.48. The number of hydrogen-bond acceptors (Lipinski definition) is 9. The first-order valence-electron chi connectivity index (χ1n) is 11.0. The van der Waals surface area contributed by atoms with Crippen molar-refractivity contribution >= 4 is 28.7 Å². The molecule has 2 saturated carbocycles. The number of hydrogen-bond donors (Lipinski definition) is 4. The van der Waals surface area contributed by atoms with E-state index >= 15 is 0 Å². The summed E-state index contributed by atoms with van der Waals surface area (Å²) in [7, 11) is 0. The number of nitrogens with zero attached hydrogens (tertiary/aromatic N) is 5. The van der Waals surface area contributed by atoms with Gasteiger partial charge >= 0.3 is 0 Å². The van der Waals surface area contributed by atoms with Gasteiger partial charge in [0.15, 0.2) is 22.1 Å². The van der Waals surface area contributed by atoms with E-state index in [4.69, 9.17) is 9.97 Å². The van der Waals surface area contributed by atoms with Gasteiger partial charge in [0.2, 0.25) is 0 Å². The van der Waals surface area contributed by atoms with Crippen LogP contribution in [0.2, 0.25) is 0 Å². The zero-order valence-electron chi connectivity index (χ0n) is 18.0. The minimum Gasteiger partial charge on any atom is -0.396 e. The predicted molar refractivity (Wildman–Crippen MR) is 122 cm³/mol. The molecule has 2 aliphatic rings. The fraction of sp³-hybridized carbons (Fsp3) is 0.545. The Hall–Kier alpha value is -2.27. The molecule has 1 aromatic carbocycles. The minimum absolute atomic E-state index is 0.194. The first-order chi connectivity index (χ1) is 15.5. The summed E-state index contributed by atoms with van der Waals surface area (Å²) < 4.78 is 1.58. The molecule has 0 spiro atoms. The molecule has 9 nitrogen and oxygen atoms in total. The second-order valence-corrected chi connectivity index (χ2v) is 10.5. The summed E-state index contributed by atoms with van der Waals surface area (Å²) in [5.74, 6) is 0.658. The highest BCUT2D eigenvalue weighted by atomic mass is 32.2. The number of thioether (sulfide) groups is 1. The van der Waals surface area contributed by atoms with Crippen molar-refractivity contribution in [2.24, 2.45) is 5.92 Å². The summed E-state index contributed by atoms with van der Waals surface area (Å²) in [6, 6.07) is 10.2. The summed E-state index contributed by atoms with van der Waals surface area (Å²) in [5.41, 5.74) is 2.37. The topological polar surface area (TPSA) is 129 Å². The lowest BCUT2D eigenvalue weighted by Crippen LogP contribution is -2.30. The average molecular weight is 457 g/mol. The normalized spacial score (nSPS) is 29.7. The molecule has 2 aromatic heterocycles. The van der Waals surface area contributed by atoms with Gasteiger partial charge in [0.05, 0.1) is 12.1 Å². The van der Waals surface area contributed by atoms with Crippen LogP contribution in [-0.4, -0.2) is 70.4 Å². The average Bonchev–Trinajstić information content (AvgIpc) is 3.32. The maximum absolute atomic E-state index is 10.6. The van der Waals surface area contributed by atoms with Crippen LogP contribution in [0.25, 0.3) is 11.2 Å². The van der Waals surface area contributed by atoms with Gasteiger partial charge < -0.3 is 20.6 Å². The van der Waals surface area contributed by atoms with Crippen molar-refractivity contribution in [3.63, 3.8) is 0 Å². The second kappa shape index (κ2) is 8.58. The maximum Gasteiger partial charge on any atom is 0.191 e. The molecule has 32 heavy (non-hydrogen) atoms. The third-order valence-electron chi connectivity index (χ3n) is 6.30. The van der Waals surface area contributed by atoms with Gasteiger partial charge in [-0.15, -0.1) is 5.10 Å². The number of rotatable bonds is 7. The van der Waals surface area contributed by atoms with Crippen LogP contribution in [-0.2, 0) is 0 Å². The number of anilines is 1. The molecular formula is C22H28N6O3S. The van der Waals surface area contributed by atoms with E-state index in [1.807, 2.05) is 6.07 Å². The molecule has 10 heteroatoms. The van der Waals surface area contributed by atoms with Crippen LogP contribution in [0.5, 0.6) is 0 Å². The lowest BCUT2D eigenvalue weighted by atomic mass is 10.1. The Morgan fingerprint density at radius 1 is 1.12 bits per heavy atom. The van der Waals surface area contributed by atoms with Crippen LogP contribution < -0.4 is 5.32 Å². The highest BCUT2D eigenvalue weighted by Crippen LogP contribution is 2.43. The summed E-state index contributed by atoms with van der Waals surface area (Å²) in [6.07, 6.45) is -0.640. The smallest absolute Gasteiger partial charge is 0.191 e. The van der Waals surface area contributed by atoms with Crippen molar-refractivity contribution in [3.05, 3.63) is 35.9 Å². The lowest BCUT2D eigenvalue weighted by Gasteiger charge is -2.17. The zero-order valence-corrected chi connectivity index (χ0v) is 18.9. The van der Waals surface area contributed by atoms with Crippen molar-refractivity contribution in [3.8, 4) is 0 Å². The van der Waals surface area contributed by atoms with Crippen molar-refractivity contribution in [1.29, 1.82) is 0 Å². The summed E-state index contributed by atoms with van der Waals surface area (Å²) >= 11 is 1.55. The maximum atomic E-state index is 10.6. The van der Waals surface area contributed by atoms with Crippen LogP contribution >= 0.6 is 11.8 Å². The van der Waals surface area contributed by atoms with E-state index in [1.54, 1.807) is 16.4 Å². The van der Waals surface area contributed by atoms with Crippen LogP contribution in [0.4, 0.5) is 5.82 Å². The van der Waals surface area contributed by atoms with Crippen molar-refractivity contribution in [1.82, 2.24) is 25.0 Å². The molecule has 5 rings (SSSR count). The fourth-order valence-corrected chi connectivity index (χ4v) is 5.22. The van der Waals surface area contributed by atoms with Crippen LogP contribution in [0.1, 0.15) is 44.2 Å². The van der Waals surface area contributed by atoms with Gasteiger partial charge in [0.1, 0.15) is 6.10 Å². The van der Waals surface area contributed by atoms with Gasteiger partial charge in [0, 0.05) is 29.7 Å². The standard InChI is InChI=1S/C22H28N6O3S/c1-11(2)32-22-24-20(23-15-9-14(15)12-6-4-3-5-7-12)17-21(25-22)28(27-26-17)16-8-13(10-29)18(30)19(16)31/h3-7,11,13-16,18-19,29-31H,8-10H2,1-2H3,(H,23,24,25)/t13-,14?,15?,16-,18-,19+/m1/s1. The molecule has 6 atom stereocenters. The Morgan fingerprint density at radius 2 is 1.91 bits per heavy atom. The lowest BCUT2D eigenvalue weighted by molar-refractivity contribution is -0.00512. The van der Waals surface area contributed by atoms with E-state index in [-0.39, 0.29) is 12.6 Å². The molecule has 2 fully saturated rings. The van der Waals surface area contributed by atoms with Crippen LogP contribution in [0.15, 0.2) is 35.5 Å². The van der Waals surface area contributed by atoms with Crippen molar-refractivity contribution in [2.75, 3.05) is 11.9 Å². The number of aromatic nitrogens is 5. The Morgan fingerprint density at radius 3 is 2.59 bits per heavy atom. The molecule has 0 bridgehead atoms. The molecule has 0 saturated heterocycles. The van der Waals surface area contributed by atoms with Crippen molar-refractivity contribution in [2.45, 2.75) is 67.3 Å². The Bertz CT molecular complexity index is 1090. The first kappa shape index (κ1) is 21.6. The SMILES string of the molecule is CC(C)Sc1nc(NC2CC2c2ccccc2)c2nnn([C@@H]3C[C@H](CO)[C@@H](O)[C@H]3O)c2n1. The van der Waals surface area contributed by atoms with Gasteiger partial charge in [-0.05, 0) is 18.4 Å². The van der Waals surface area contributed by atoms with Gasteiger partial charge in [-0.2, -0.15) is 0 Å². The molecule has 0 amide bonds. The van der Waals surface area contributed by atoms with E-state index in [2.05, 4.69) is 53.7 Å². The molecule has 0 aliphatic heterocycles. The number of benzene rings is 1. The molecule has 0 radical (unpaired) electrons. The minimum atomic E-state index is -1.05. The first-order valence-corrected chi connectivity index (χ1v) is 11.9. The number of nitrogens with one attached hydrogen (secondary N) is 1. The van der Waals surface area contributed by atoms with E-state index in [9.17, 15) is 15.3 Å². The Kier molecular flexibility index (Phi) is 5.79. The third kappa shape index (κ3) is 3.96. The van der Waals surface area contributed by atoms with E-state index < -0.39 is 24.2 Å². The number of fused-ring (bicyclic) bond motifs is 1. The second-order valence-electron chi connectivity index (χ2n) is 8.96. The highest BCUT2D eigenvalue weighted by molar-refractivity contribution is 7.99. The Labute approximate surface area is 190 Å². The molecule has 4 N–H and O–H groups in total. The van der Waals surface area contributed by atoms with E-state index in [0.29, 0.717) is 39.7 Å². The van der Waals surface area contributed by atoms with Crippen LogP contribution in [0, 0.1) is 5.92 Å². The summed E-state index contributed by atoms with van der Waals surface area (Å²) in [6.45, 7) is 3.96. The van der Waals surface area contributed by atoms with E-state index in [1.165, 1.54) is 5.56 Å². The molecule has 2 unspecified atom stereocenters. The van der Waals surface area contributed by atoms with Gasteiger partial charge in [-0.1, -0.05) is 61.2 Å². The molecule has 3 aromatic rings.